The van der Waals surface area contributed by atoms with Crippen molar-refractivity contribution in [1.82, 2.24) is 30.4 Å². The molecule has 6 aromatic carbocycles. The number of carbonyl (C=O) groups excluding carboxylic acids is 4. The van der Waals surface area contributed by atoms with Crippen LogP contribution in [0.5, 0.6) is 0 Å². The number of methoxy groups -OCH3 is 2. The Hall–Kier alpha value is -12.2. The minimum absolute atomic E-state index is 0.0177. The van der Waals surface area contributed by atoms with E-state index in [9.17, 15) is 55.1 Å². The van der Waals surface area contributed by atoms with Crippen molar-refractivity contribution in [2.75, 3.05) is 89.6 Å². The first-order valence-electron chi connectivity index (χ1n) is 36.2. The van der Waals surface area contributed by atoms with E-state index < -0.39 is 71.4 Å². The molecule has 12 rings (SSSR count). The van der Waals surface area contributed by atoms with E-state index in [0.29, 0.717) is 25.0 Å². The zero-order valence-corrected chi connectivity index (χ0v) is 62.5. The monoisotopic (exact) mass is 1540 g/mol. The topological polar surface area (TPSA) is 243 Å². The van der Waals surface area contributed by atoms with Gasteiger partial charge < -0.3 is 49.6 Å². The Kier molecular flexibility index (Phi) is 27.9. The fourth-order valence-corrected chi connectivity index (χ4v) is 14.5. The number of pyridine rings is 2. The van der Waals surface area contributed by atoms with Gasteiger partial charge in [-0.3, -0.25) is 19.8 Å². The van der Waals surface area contributed by atoms with E-state index in [1.54, 1.807) is 27.7 Å². The number of piperazine rings is 2. The Morgan fingerprint density at radius 1 is 0.420 bits per heavy atom. The number of carboxylic acids is 2. The minimum atomic E-state index is -4.83. The van der Waals surface area contributed by atoms with Gasteiger partial charge in [-0.25, -0.2) is 28.8 Å². The summed E-state index contributed by atoms with van der Waals surface area (Å²) in [6.45, 7) is 13.2. The van der Waals surface area contributed by atoms with Crippen molar-refractivity contribution >= 4 is 47.2 Å². The second-order valence-electron chi connectivity index (χ2n) is 26.7. The lowest BCUT2D eigenvalue weighted by atomic mass is 9.79. The molecule has 2 atom stereocenters. The van der Waals surface area contributed by atoms with E-state index in [-0.39, 0.29) is 81.5 Å². The predicted molar refractivity (Wildman–Crippen MR) is 409 cm³/mol. The second kappa shape index (κ2) is 38.0. The molecule has 2 unspecified atom stereocenters. The molecule has 0 aliphatic carbocycles. The third kappa shape index (κ3) is 20.6. The molecule has 0 radical (unpaired) electrons. The molecule has 0 amide bonds. The van der Waals surface area contributed by atoms with E-state index in [4.69, 9.17) is 29.2 Å². The zero-order valence-electron chi connectivity index (χ0n) is 62.5. The Morgan fingerprint density at radius 2 is 0.705 bits per heavy atom. The molecule has 112 heavy (non-hydrogen) atoms. The first-order valence-corrected chi connectivity index (χ1v) is 36.2. The molecule has 4 aliphatic heterocycles. The summed E-state index contributed by atoms with van der Waals surface area (Å²) in [6.07, 6.45) is -5.72. The Labute approximate surface area is 645 Å². The number of rotatable bonds is 22. The van der Waals surface area contributed by atoms with Crippen LogP contribution in [0.3, 0.4) is 0 Å². The average molecular weight is 1540 g/mol. The fraction of sp³-hybridized carbons (Fsp3) is 0.279. The van der Waals surface area contributed by atoms with Gasteiger partial charge in [0.05, 0.1) is 73.6 Å². The quantitative estimate of drug-likeness (QED) is 0.0213. The Balaban J connectivity index is 0.000000216. The number of hydrogen-bond acceptors (Lipinski definition) is 18. The molecule has 6 heterocycles. The van der Waals surface area contributed by atoms with Gasteiger partial charge in [-0.15, -0.1) is 0 Å². The number of carboxylic acid groups (broad SMARTS) is 2. The van der Waals surface area contributed by atoms with Gasteiger partial charge in [-0.2, -0.15) is 26.3 Å². The molecule has 584 valence electrons. The number of nitrogens with one attached hydrogen (secondary N) is 2. The molecular weight excluding hydrogens is 1450 g/mol. The lowest BCUT2D eigenvalue weighted by Crippen LogP contribution is -2.48. The van der Waals surface area contributed by atoms with Crippen LogP contribution in [0.25, 0.3) is 0 Å². The number of alkyl halides is 6. The van der Waals surface area contributed by atoms with Gasteiger partial charge in [-0.05, 0) is 109 Å². The number of benzene rings is 6. The van der Waals surface area contributed by atoms with Crippen LogP contribution in [0, 0.1) is 0 Å². The van der Waals surface area contributed by atoms with Crippen LogP contribution >= 0.6 is 0 Å². The number of dihydropyridines is 2. The van der Waals surface area contributed by atoms with Crippen LogP contribution in [0.4, 0.5) is 37.7 Å². The number of allylic oxidation sites excluding steroid dienone is 4. The molecule has 0 saturated carbocycles. The van der Waals surface area contributed by atoms with Gasteiger partial charge in [0.2, 0.25) is 0 Å². The average Bonchev–Trinajstić information content (AvgIpc) is 0.758. The van der Waals surface area contributed by atoms with Gasteiger partial charge in [0, 0.05) is 124 Å². The molecule has 26 heteroatoms. The maximum atomic E-state index is 14.1. The number of esters is 4. The molecule has 2 saturated heterocycles. The molecule has 4 N–H and O–H groups in total. The summed E-state index contributed by atoms with van der Waals surface area (Å²) < 4.78 is 106. The fourth-order valence-electron chi connectivity index (χ4n) is 14.5. The van der Waals surface area contributed by atoms with Crippen LogP contribution in [-0.4, -0.2) is 146 Å². The molecular formula is C86H86F6N8O12. The Bertz CT molecular complexity index is 4400. The van der Waals surface area contributed by atoms with Crippen molar-refractivity contribution in [3.8, 4) is 0 Å². The number of anilines is 2. The summed E-state index contributed by atoms with van der Waals surface area (Å²) >= 11 is 0. The third-order valence-corrected chi connectivity index (χ3v) is 19.6. The zero-order chi connectivity index (χ0) is 80.2. The lowest BCUT2D eigenvalue weighted by molar-refractivity contribution is -0.143. The second-order valence-corrected chi connectivity index (χ2v) is 26.7. The van der Waals surface area contributed by atoms with E-state index in [0.717, 1.165) is 101 Å². The largest absolute Gasteiger partial charge is 0.478 e. The first-order chi connectivity index (χ1) is 53.7. The van der Waals surface area contributed by atoms with Crippen LogP contribution in [0.1, 0.15) is 108 Å². The number of carbonyl (C=O) groups is 6. The van der Waals surface area contributed by atoms with Crippen molar-refractivity contribution in [3.63, 3.8) is 0 Å². The Morgan fingerprint density at radius 3 is 0.973 bits per heavy atom. The number of nitrogens with zero attached hydrogens (tertiary/aromatic N) is 6. The van der Waals surface area contributed by atoms with Crippen molar-refractivity contribution < 1.29 is 84.3 Å². The van der Waals surface area contributed by atoms with E-state index in [1.807, 2.05) is 48.5 Å². The van der Waals surface area contributed by atoms with E-state index in [1.165, 1.54) is 46.5 Å². The summed E-state index contributed by atoms with van der Waals surface area (Å²) in [5.41, 5.74) is 6.74. The standard InChI is InChI=1S/2C41H41F3N4O4.C4H4O4/c2*1-27-34(39(49)51-3)36(33-15-10-21-45-38(33)41(42,43)44)35(28(2)46-27)40(50)52-26-20-29-16-18-32(19-17-29)47-22-24-48(25-23-47)37(30-11-6-4-7-12-30)31-13-8-5-9-14-31;5-3(6)1-2-4(7)8/h2*4-19,21,36-37,46H,20,22-26H2,1-3H3;1-2H,(H,5,6)(H,7,8)/b;;2-1+. The minimum Gasteiger partial charge on any atom is -0.478 e. The third-order valence-electron chi connectivity index (χ3n) is 19.6. The van der Waals surface area contributed by atoms with Crippen molar-refractivity contribution in [1.29, 1.82) is 0 Å². The van der Waals surface area contributed by atoms with E-state index >= 15 is 0 Å². The molecule has 2 aromatic heterocycles. The lowest BCUT2D eigenvalue weighted by Gasteiger charge is -2.40. The highest BCUT2D eigenvalue weighted by molar-refractivity contribution is 6.01. The first kappa shape index (κ1) is 82.3. The highest BCUT2D eigenvalue weighted by Crippen LogP contribution is 2.46. The molecule has 8 aromatic rings. The van der Waals surface area contributed by atoms with Crippen molar-refractivity contribution in [2.24, 2.45) is 0 Å². The van der Waals surface area contributed by atoms with Crippen molar-refractivity contribution in [3.05, 3.63) is 320 Å². The highest BCUT2D eigenvalue weighted by Gasteiger charge is 2.46. The smallest absolute Gasteiger partial charge is 0.433 e. The number of hydrogen-bond donors (Lipinski definition) is 4. The normalized spacial score (nSPS) is 16.4. The molecule has 4 aliphatic rings. The highest BCUT2D eigenvalue weighted by atomic mass is 19.4. The van der Waals surface area contributed by atoms with Crippen LogP contribution in [0.2, 0.25) is 0 Å². The number of aromatic nitrogens is 2. The molecule has 20 nitrogen and oxygen atoms in total. The maximum absolute atomic E-state index is 14.1. The van der Waals surface area contributed by atoms with Crippen molar-refractivity contribution in [2.45, 2.75) is 76.8 Å². The number of aliphatic carboxylic acids is 2. The summed E-state index contributed by atoms with van der Waals surface area (Å²) in [5, 5.41) is 21.5. The van der Waals surface area contributed by atoms with Crippen LogP contribution in [0.15, 0.2) is 264 Å². The van der Waals surface area contributed by atoms with Gasteiger partial charge in [0.1, 0.15) is 11.4 Å². The SMILES string of the molecule is COC(=O)C1=C(C)NC(C)=C(C(=O)OCCc2ccc(N3CCN(C(c4ccccc4)c4ccccc4)CC3)cc2)C1c1cccnc1C(F)(F)F.COC(=O)C1=C(C)NC(C)=C(C(=O)OCCc2ccc(N3CCN(C(c4ccccc4)c4ccccc4)CC3)cc2)C1c1cccnc1C(F)(F)F.O=C(O)/C=C/C(=O)O. The summed E-state index contributed by atoms with van der Waals surface area (Å²) in [4.78, 5) is 89.0. The maximum Gasteiger partial charge on any atom is 0.433 e. The summed E-state index contributed by atoms with van der Waals surface area (Å²) in [5.74, 6) is -8.71. The molecule has 0 spiro atoms. The van der Waals surface area contributed by atoms with Crippen LogP contribution in [-0.2, 0) is 72.9 Å². The predicted octanol–water partition coefficient (Wildman–Crippen LogP) is 14.1. The number of halogens is 6. The number of ether oxygens (including phenoxy) is 4. The molecule has 2 fully saturated rings. The van der Waals surface area contributed by atoms with Gasteiger partial charge in [0.15, 0.2) is 0 Å². The van der Waals surface area contributed by atoms with Gasteiger partial charge in [0.25, 0.3) is 0 Å². The van der Waals surface area contributed by atoms with E-state index in [2.05, 4.69) is 162 Å². The molecule has 0 bridgehead atoms. The van der Waals surface area contributed by atoms with Crippen LogP contribution < -0.4 is 20.4 Å². The van der Waals surface area contributed by atoms with Gasteiger partial charge in [-0.1, -0.05) is 158 Å². The van der Waals surface area contributed by atoms with Gasteiger partial charge >= 0.3 is 48.2 Å². The summed E-state index contributed by atoms with van der Waals surface area (Å²) in [7, 11) is 2.27. The summed E-state index contributed by atoms with van der Waals surface area (Å²) in [6, 6.07) is 64.0.